The van der Waals surface area contributed by atoms with E-state index in [1.54, 1.807) is 29.1 Å². The average molecular weight is 330 g/mol. The first kappa shape index (κ1) is 16.2. The van der Waals surface area contributed by atoms with Crippen LogP contribution in [0.15, 0.2) is 36.9 Å². The Hall–Kier alpha value is -2.70. The van der Waals surface area contributed by atoms with E-state index >= 15 is 0 Å². The lowest BCUT2D eigenvalue weighted by atomic mass is 10.2. The SMILES string of the molecule is C[C@@H]1C[C@H]1C(=O)NCCC(=O)Nc1ccc(-n2ccnc2)c(F)c1. The molecular weight excluding hydrogens is 311 g/mol. The maximum Gasteiger partial charge on any atom is 0.226 e. The lowest BCUT2D eigenvalue weighted by Crippen LogP contribution is -2.29. The Morgan fingerprint density at radius 2 is 2.21 bits per heavy atom. The zero-order valence-corrected chi connectivity index (χ0v) is 13.3. The van der Waals surface area contributed by atoms with E-state index in [0.717, 1.165) is 6.42 Å². The molecule has 0 unspecified atom stereocenters. The van der Waals surface area contributed by atoms with Crippen LogP contribution < -0.4 is 10.6 Å². The van der Waals surface area contributed by atoms with Gasteiger partial charge in [-0.25, -0.2) is 9.37 Å². The van der Waals surface area contributed by atoms with Crippen LogP contribution in [0.3, 0.4) is 0 Å². The predicted molar refractivity (Wildman–Crippen MR) is 87.0 cm³/mol. The van der Waals surface area contributed by atoms with Gasteiger partial charge in [0.25, 0.3) is 0 Å². The van der Waals surface area contributed by atoms with Crippen molar-refractivity contribution in [3.05, 3.63) is 42.7 Å². The number of benzene rings is 1. The van der Waals surface area contributed by atoms with E-state index < -0.39 is 5.82 Å². The molecule has 6 nitrogen and oxygen atoms in total. The quantitative estimate of drug-likeness (QED) is 0.852. The molecule has 0 bridgehead atoms. The summed E-state index contributed by atoms with van der Waals surface area (Å²) in [6, 6.07) is 4.46. The fourth-order valence-electron chi connectivity index (χ4n) is 2.54. The van der Waals surface area contributed by atoms with Crippen molar-refractivity contribution in [2.75, 3.05) is 11.9 Å². The number of carbonyl (C=O) groups excluding carboxylic acids is 2. The molecule has 2 N–H and O–H groups in total. The third kappa shape index (κ3) is 3.79. The Balaban J connectivity index is 1.49. The summed E-state index contributed by atoms with van der Waals surface area (Å²) < 4.78 is 15.6. The number of imidazole rings is 1. The molecular formula is C17H19FN4O2. The standard InChI is InChI=1S/C17H19FN4O2/c1-11-8-13(11)17(24)20-5-4-16(23)21-12-2-3-15(14(18)9-12)22-7-6-19-10-22/h2-3,6-7,9-11,13H,4-5,8H2,1H3,(H,20,24)(H,21,23)/t11-,13-/m1/s1. The molecule has 1 aliphatic carbocycles. The first-order valence-corrected chi connectivity index (χ1v) is 7.90. The molecule has 0 spiro atoms. The molecule has 0 radical (unpaired) electrons. The number of hydrogen-bond acceptors (Lipinski definition) is 3. The lowest BCUT2D eigenvalue weighted by Gasteiger charge is -2.09. The molecule has 3 rings (SSSR count). The van der Waals surface area contributed by atoms with Crippen LogP contribution in [-0.4, -0.2) is 27.9 Å². The normalized spacial score (nSPS) is 18.9. The molecule has 1 aromatic heterocycles. The minimum atomic E-state index is -0.457. The van der Waals surface area contributed by atoms with Crippen molar-refractivity contribution in [2.24, 2.45) is 11.8 Å². The van der Waals surface area contributed by atoms with E-state index in [4.69, 9.17) is 0 Å². The summed E-state index contributed by atoms with van der Waals surface area (Å²) in [5.74, 6) is -0.185. The van der Waals surface area contributed by atoms with E-state index in [0.29, 0.717) is 17.3 Å². The third-order valence-corrected chi connectivity index (χ3v) is 4.11. The van der Waals surface area contributed by atoms with Gasteiger partial charge in [-0.2, -0.15) is 0 Å². The minimum Gasteiger partial charge on any atom is -0.355 e. The molecule has 1 aromatic carbocycles. The smallest absolute Gasteiger partial charge is 0.226 e. The Morgan fingerprint density at radius 3 is 2.83 bits per heavy atom. The molecule has 1 aliphatic rings. The van der Waals surface area contributed by atoms with Crippen LogP contribution in [-0.2, 0) is 9.59 Å². The van der Waals surface area contributed by atoms with Gasteiger partial charge in [-0.3, -0.25) is 9.59 Å². The summed E-state index contributed by atoms with van der Waals surface area (Å²) in [4.78, 5) is 27.4. The highest BCUT2D eigenvalue weighted by Gasteiger charge is 2.38. The van der Waals surface area contributed by atoms with Crippen LogP contribution >= 0.6 is 0 Å². The topological polar surface area (TPSA) is 76.0 Å². The third-order valence-electron chi connectivity index (χ3n) is 4.11. The molecule has 24 heavy (non-hydrogen) atoms. The second kappa shape index (κ2) is 6.82. The number of rotatable bonds is 6. The maximum absolute atomic E-state index is 14.1. The highest BCUT2D eigenvalue weighted by atomic mass is 19.1. The van der Waals surface area contributed by atoms with Crippen molar-refractivity contribution in [1.29, 1.82) is 0 Å². The number of nitrogens with zero attached hydrogens (tertiary/aromatic N) is 2. The molecule has 7 heteroatoms. The Morgan fingerprint density at radius 1 is 1.42 bits per heavy atom. The van der Waals surface area contributed by atoms with Crippen LogP contribution in [0.1, 0.15) is 19.8 Å². The van der Waals surface area contributed by atoms with Crippen molar-refractivity contribution in [2.45, 2.75) is 19.8 Å². The van der Waals surface area contributed by atoms with Crippen molar-refractivity contribution in [3.63, 3.8) is 0 Å². The largest absolute Gasteiger partial charge is 0.355 e. The zero-order valence-electron chi connectivity index (χ0n) is 13.3. The zero-order chi connectivity index (χ0) is 17.1. The van der Waals surface area contributed by atoms with E-state index in [1.165, 1.54) is 12.4 Å². The Kier molecular flexibility index (Phi) is 4.59. The highest BCUT2D eigenvalue weighted by Crippen LogP contribution is 2.37. The lowest BCUT2D eigenvalue weighted by molar-refractivity contribution is -0.122. The fourth-order valence-corrected chi connectivity index (χ4v) is 2.54. The molecule has 2 aromatic rings. The van der Waals surface area contributed by atoms with Crippen LogP contribution in [0.25, 0.3) is 5.69 Å². The van der Waals surface area contributed by atoms with Crippen molar-refractivity contribution >= 4 is 17.5 Å². The summed E-state index contributed by atoms with van der Waals surface area (Å²) in [5, 5.41) is 5.37. The molecule has 2 amide bonds. The van der Waals surface area contributed by atoms with Gasteiger partial charge < -0.3 is 15.2 Å². The number of carbonyl (C=O) groups is 2. The van der Waals surface area contributed by atoms with Crippen LogP contribution in [0.5, 0.6) is 0 Å². The maximum atomic E-state index is 14.1. The van der Waals surface area contributed by atoms with E-state index in [1.807, 2.05) is 6.92 Å². The fraction of sp³-hybridized carbons (Fsp3) is 0.353. The number of nitrogens with one attached hydrogen (secondary N) is 2. The van der Waals surface area contributed by atoms with Gasteiger partial charge in [-0.1, -0.05) is 6.92 Å². The molecule has 0 saturated heterocycles. The summed E-state index contributed by atoms with van der Waals surface area (Å²) in [6.07, 6.45) is 5.77. The van der Waals surface area contributed by atoms with Gasteiger partial charge in [0.1, 0.15) is 5.82 Å². The van der Waals surface area contributed by atoms with Gasteiger partial charge in [-0.15, -0.1) is 0 Å². The summed E-state index contributed by atoms with van der Waals surface area (Å²) in [6.45, 7) is 2.31. The average Bonchev–Trinajstić information content (AvgIpc) is 3.05. The molecule has 1 saturated carbocycles. The number of hydrogen-bond donors (Lipinski definition) is 2. The van der Waals surface area contributed by atoms with Crippen LogP contribution in [0, 0.1) is 17.7 Å². The first-order valence-electron chi connectivity index (χ1n) is 7.90. The first-order chi connectivity index (χ1) is 11.5. The predicted octanol–water partition coefficient (Wildman–Crippen LogP) is 2.11. The van der Waals surface area contributed by atoms with Gasteiger partial charge in [0.2, 0.25) is 11.8 Å². The number of anilines is 1. The van der Waals surface area contributed by atoms with Gasteiger partial charge in [-0.05, 0) is 30.5 Å². The molecule has 2 atom stereocenters. The second-order valence-corrected chi connectivity index (χ2v) is 6.04. The Bertz CT molecular complexity index is 745. The van der Waals surface area contributed by atoms with Crippen molar-refractivity contribution < 1.29 is 14.0 Å². The van der Waals surface area contributed by atoms with Gasteiger partial charge in [0.05, 0.1) is 12.0 Å². The number of aromatic nitrogens is 2. The monoisotopic (exact) mass is 330 g/mol. The van der Waals surface area contributed by atoms with E-state index in [2.05, 4.69) is 15.6 Å². The molecule has 0 aliphatic heterocycles. The molecule has 1 heterocycles. The van der Waals surface area contributed by atoms with E-state index in [-0.39, 0.29) is 30.7 Å². The summed E-state index contributed by atoms with van der Waals surface area (Å²) in [5.41, 5.74) is 0.736. The van der Waals surface area contributed by atoms with Crippen LogP contribution in [0.2, 0.25) is 0 Å². The summed E-state index contributed by atoms with van der Waals surface area (Å²) in [7, 11) is 0. The Labute approximate surface area is 139 Å². The number of halogens is 1. The van der Waals surface area contributed by atoms with Gasteiger partial charge >= 0.3 is 0 Å². The second-order valence-electron chi connectivity index (χ2n) is 6.04. The van der Waals surface area contributed by atoms with E-state index in [9.17, 15) is 14.0 Å². The minimum absolute atomic E-state index is 0.00558. The molecule has 126 valence electrons. The van der Waals surface area contributed by atoms with Gasteiger partial charge in [0.15, 0.2) is 0 Å². The van der Waals surface area contributed by atoms with Crippen LogP contribution in [0.4, 0.5) is 10.1 Å². The van der Waals surface area contributed by atoms with Crippen molar-refractivity contribution in [1.82, 2.24) is 14.9 Å². The summed E-state index contributed by atoms with van der Waals surface area (Å²) >= 11 is 0. The van der Waals surface area contributed by atoms with Crippen molar-refractivity contribution in [3.8, 4) is 5.69 Å². The molecule has 1 fully saturated rings. The van der Waals surface area contributed by atoms with Gasteiger partial charge in [0, 0.05) is 37.0 Å². The number of amides is 2. The highest BCUT2D eigenvalue weighted by molar-refractivity contribution is 5.91.